The molecule has 0 saturated carbocycles. The molecule has 8 aliphatic rings. The zero-order valence-electron chi connectivity index (χ0n) is 68.1. The van der Waals surface area contributed by atoms with Gasteiger partial charge in [-0.15, -0.1) is 0 Å². The van der Waals surface area contributed by atoms with Gasteiger partial charge >= 0.3 is 19.3 Å². The van der Waals surface area contributed by atoms with Crippen molar-refractivity contribution in [3.8, 4) is 69.2 Å². The number of benzene rings is 6. The Hall–Kier alpha value is -12.9. The molecule has 0 radical (unpaired) electrons. The highest BCUT2D eigenvalue weighted by Gasteiger charge is 2.35. The van der Waals surface area contributed by atoms with Crippen molar-refractivity contribution >= 4 is 57.6 Å². The van der Waals surface area contributed by atoms with E-state index in [1.807, 2.05) is 32.3 Å². The number of nitriles is 3. The van der Waals surface area contributed by atoms with E-state index in [0.29, 0.717) is 126 Å². The average Bonchev–Trinajstić information content (AvgIpc) is 1.69. The Kier molecular flexibility index (Phi) is 26.9. The first-order chi connectivity index (χ1) is 59.7. The van der Waals surface area contributed by atoms with Crippen LogP contribution in [0.1, 0.15) is 100 Å². The Morgan fingerprint density at radius 2 is 0.756 bits per heavy atom. The van der Waals surface area contributed by atoms with E-state index >= 15 is 0 Å². The number of nitrogens with zero attached hydrogens (tertiary/aromatic N) is 19. The number of likely N-dealkylation sites (N-methyl/N-ethyl adjacent to an activating group) is 1. The van der Waals surface area contributed by atoms with Crippen molar-refractivity contribution in [2.45, 2.75) is 108 Å². The number of anilines is 1. The number of piperazine rings is 1. The van der Waals surface area contributed by atoms with Gasteiger partial charge in [-0.2, -0.15) is 42.1 Å². The lowest BCUT2D eigenvalue weighted by Crippen LogP contribution is -2.44. The molecule has 123 heavy (non-hydrogen) atoms. The highest BCUT2D eigenvalue weighted by atomic mass is 19.3. The van der Waals surface area contributed by atoms with Crippen molar-refractivity contribution in [2.24, 2.45) is 15.0 Å². The molecule has 0 spiro atoms. The van der Waals surface area contributed by atoms with Crippen LogP contribution in [0.2, 0.25) is 0 Å². The topological polar surface area (TPSA) is 297 Å². The predicted octanol–water partition coefficient (Wildman–Crippen LogP) is 12.6. The molecule has 32 heteroatoms. The maximum absolute atomic E-state index is 12.7. The fourth-order valence-electron chi connectivity index (χ4n) is 16.2. The van der Waals surface area contributed by atoms with Crippen LogP contribution in [0.25, 0.3) is 33.8 Å². The van der Waals surface area contributed by atoms with Crippen molar-refractivity contribution in [1.29, 1.82) is 15.8 Å². The van der Waals surface area contributed by atoms with Gasteiger partial charge in [0.15, 0.2) is 0 Å². The maximum Gasteiger partial charge on any atom is 0.315 e. The zero-order chi connectivity index (χ0) is 85.8. The maximum atomic E-state index is 12.7. The summed E-state index contributed by atoms with van der Waals surface area (Å²) in [7, 11) is 6.22. The van der Waals surface area contributed by atoms with E-state index in [4.69, 9.17) is 33.9 Å². The summed E-state index contributed by atoms with van der Waals surface area (Å²) in [6.07, 6.45) is -1.02. The van der Waals surface area contributed by atoms with Crippen molar-refractivity contribution in [3.05, 3.63) is 208 Å². The van der Waals surface area contributed by atoms with E-state index in [9.17, 15) is 56.5 Å². The molecule has 0 unspecified atom stereocenters. The lowest BCUT2D eigenvalue weighted by Gasteiger charge is -2.34. The first kappa shape index (κ1) is 85.1. The van der Waals surface area contributed by atoms with Crippen molar-refractivity contribution in [1.82, 2.24) is 59.3 Å². The van der Waals surface area contributed by atoms with Crippen LogP contribution in [0, 0.1) is 34.0 Å². The van der Waals surface area contributed by atoms with Crippen molar-refractivity contribution in [2.75, 3.05) is 118 Å². The van der Waals surface area contributed by atoms with E-state index in [1.165, 1.54) is 35.8 Å². The van der Waals surface area contributed by atoms with Gasteiger partial charge in [0.2, 0.25) is 0 Å². The molecule has 0 bridgehead atoms. The van der Waals surface area contributed by atoms with Gasteiger partial charge < -0.3 is 48.3 Å². The number of morpholine rings is 1. The van der Waals surface area contributed by atoms with Gasteiger partial charge in [0.1, 0.15) is 89.8 Å². The molecule has 26 nitrogen and oxygen atoms in total. The van der Waals surface area contributed by atoms with Crippen LogP contribution in [-0.2, 0) is 51.5 Å². The van der Waals surface area contributed by atoms with Gasteiger partial charge in [-0.1, -0.05) is 60.7 Å². The third kappa shape index (κ3) is 20.3. The van der Waals surface area contributed by atoms with Crippen LogP contribution in [0.3, 0.4) is 0 Å². The van der Waals surface area contributed by atoms with Gasteiger partial charge in [0.05, 0.1) is 81.2 Å². The Labute approximate surface area is 707 Å². The fourth-order valence-corrected chi connectivity index (χ4v) is 16.2. The monoisotopic (exact) mass is 1670 g/mol. The number of carbonyl (C=O) groups excluding carboxylic acids is 3. The number of alkyl halides is 6. The Morgan fingerprint density at radius 3 is 1.08 bits per heavy atom. The van der Waals surface area contributed by atoms with Crippen molar-refractivity contribution < 1.29 is 59.7 Å². The third-order valence-electron chi connectivity index (χ3n) is 22.9. The van der Waals surface area contributed by atoms with E-state index in [2.05, 4.69) is 148 Å². The molecule has 9 aromatic rings. The number of piperidine rings is 3. The minimum Gasteiger partial charge on any atom is -0.489 e. The standard InChI is InChI=1S/C31H31F2N7O2.C31H30F2N6O3.C29H28F2N6O2/c1-38-12-14-39(15-13-38)23-5-2-20(3-6-23)25-17-26-29(37-25)28(36-19-35-26)21-4-7-27(22(16-21)18-34)42-24-8-10-40(11-9-24)31(41)30(32)33;32-30(33)31(40)39-9-7-24(8-10-39)42-27-6-5-22(15-23(27)17-34)28-29-26(35-19-36-28)16-25(37-29)21-3-1-20(2-4-21)18-38-11-13-41-14-12-38;1-36(2)16-18-3-5-19(6-4-18)23-14-24-27(35-23)26(34-17-33-24)20-7-8-25(21(13-20)15-32)39-22-9-11-37(12-10-22)29(38)28(30)31/h2-7,16,19,24,30H,8-15,17H2,1H3;1-6,15,19,24,30H,7-14,16,18H2;3-8,13,17,22,28H,9-12,14,16H2,1-2H3. The summed E-state index contributed by atoms with van der Waals surface area (Å²) in [5, 5.41) is 29.6. The van der Waals surface area contributed by atoms with Gasteiger partial charge in [-0.25, -0.2) is 44.9 Å². The summed E-state index contributed by atoms with van der Waals surface area (Å²) in [5.74, 6) is -2.23. The minimum atomic E-state index is -3.00. The number of likely N-dealkylation sites (tertiary alicyclic amines) is 3. The summed E-state index contributed by atoms with van der Waals surface area (Å²) in [6, 6.07) is 47.8. The summed E-state index contributed by atoms with van der Waals surface area (Å²) in [6.45, 7) is 10.5. The number of fused-ring (bicyclic) bond motifs is 3. The minimum absolute atomic E-state index is 0.192. The molecule has 3 amide bonds. The molecular formula is C91H89F6N19O7. The number of carbonyl (C=O) groups is 3. The second-order valence-corrected chi connectivity index (χ2v) is 31.4. The van der Waals surface area contributed by atoms with Crippen LogP contribution < -0.4 is 19.1 Å². The van der Waals surface area contributed by atoms with Crippen LogP contribution >= 0.6 is 0 Å². The summed E-state index contributed by atoms with van der Waals surface area (Å²) >= 11 is 0. The van der Waals surface area contributed by atoms with Crippen LogP contribution in [-0.4, -0.2) is 245 Å². The molecule has 8 aliphatic heterocycles. The van der Waals surface area contributed by atoms with Crippen LogP contribution in [0.15, 0.2) is 161 Å². The van der Waals surface area contributed by atoms with Crippen LogP contribution in [0.5, 0.6) is 17.2 Å². The van der Waals surface area contributed by atoms with E-state index in [-0.39, 0.29) is 57.6 Å². The molecule has 11 heterocycles. The summed E-state index contributed by atoms with van der Waals surface area (Å²) in [4.78, 5) is 89.0. The summed E-state index contributed by atoms with van der Waals surface area (Å²) < 4.78 is 99.9. The predicted molar refractivity (Wildman–Crippen MR) is 447 cm³/mol. The molecular weight excluding hydrogens is 1590 g/mol. The van der Waals surface area contributed by atoms with Gasteiger partial charge in [-0.05, 0) is 116 Å². The van der Waals surface area contributed by atoms with Gasteiger partial charge in [0.25, 0.3) is 17.7 Å². The third-order valence-corrected chi connectivity index (χ3v) is 22.9. The average molecular weight is 1670 g/mol. The molecule has 632 valence electrons. The highest BCUT2D eigenvalue weighted by Crippen LogP contribution is 2.42. The molecule has 5 fully saturated rings. The molecule has 0 aliphatic carbocycles. The molecule has 6 aromatic carbocycles. The number of ether oxygens (including phenoxy) is 4. The number of rotatable bonds is 20. The highest BCUT2D eigenvalue weighted by molar-refractivity contribution is 6.09. The number of hydrogen-bond donors (Lipinski definition) is 0. The second-order valence-electron chi connectivity index (χ2n) is 31.4. The van der Waals surface area contributed by atoms with Gasteiger partial charge in [-0.3, -0.25) is 19.3 Å². The van der Waals surface area contributed by atoms with E-state index < -0.39 is 37.0 Å². The summed E-state index contributed by atoms with van der Waals surface area (Å²) in [5.41, 5.74) is 19.2. The normalized spacial score (nSPS) is 16.9. The van der Waals surface area contributed by atoms with E-state index in [0.717, 1.165) is 148 Å². The SMILES string of the molecule is CN(C)Cc1ccc(C2=Nc3c(ncnc3-c3ccc(OC4CCN(C(=O)C(F)F)CC4)c(C#N)c3)C2)cc1.CN1CCN(c2ccc(C3=Nc4c(ncnc4-c4ccc(OC5CCN(C(=O)C(F)F)CC5)c(C#N)c4)C3)cc2)CC1.N#Cc1cc(-c2ncnc3c2N=C(c2ccc(CN4CCOCC4)cc2)C3)ccc1OC1CCN(C(=O)C(F)F)CC1. The first-order valence-corrected chi connectivity index (χ1v) is 41.0. The molecule has 3 aromatic heterocycles. The Balaban J connectivity index is 0.000000143. The fraction of sp³-hybridized carbons (Fsp3) is 0.374. The molecule has 17 rings (SSSR count). The number of aliphatic imine (C=N–C) groups is 3. The second kappa shape index (κ2) is 38.9. The number of hydrogen-bond acceptors (Lipinski definition) is 23. The van der Waals surface area contributed by atoms with E-state index in [1.54, 1.807) is 36.4 Å². The largest absolute Gasteiger partial charge is 0.489 e. The Bertz CT molecular complexity index is 5590. The van der Waals surface area contributed by atoms with Crippen molar-refractivity contribution in [3.63, 3.8) is 0 Å². The smallest absolute Gasteiger partial charge is 0.315 e. The number of aromatic nitrogens is 6. The Morgan fingerprint density at radius 1 is 0.431 bits per heavy atom. The molecule has 0 atom stereocenters. The molecule has 0 N–H and O–H groups in total. The van der Waals surface area contributed by atoms with Crippen LogP contribution in [0.4, 0.5) is 49.1 Å². The first-order valence-electron chi connectivity index (χ1n) is 41.0. The quantitative estimate of drug-likeness (QED) is 0.0640. The number of halogens is 6. The molecule has 5 saturated heterocycles. The lowest BCUT2D eigenvalue weighted by atomic mass is 10.0. The number of amides is 3. The van der Waals surface area contributed by atoms with Gasteiger partial charge in [0, 0.05) is 172 Å². The lowest BCUT2D eigenvalue weighted by molar-refractivity contribution is -0.145. The zero-order valence-corrected chi connectivity index (χ0v) is 68.1.